The number of rotatable bonds is 5. The molecule has 1 nitrogen and oxygen atoms in total. The average molecular weight is 230 g/mol. The Bertz CT molecular complexity index is 278. The monoisotopic (exact) mass is 229 g/mol. The highest BCUT2D eigenvalue weighted by Crippen LogP contribution is 2.22. The summed E-state index contributed by atoms with van der Waals surface area (Å²) < 4.78 is 0. The van der Waals surface area contributed by atoms with Crippen molar-refractivity contribution in [3.05, 3.63) is 29.3 Å². The molecule has 0 aliphatic carbocycles. The molecular formula is C11H16ClNS. The fourth-order valence-corrected chi connectivity index (χ4v) is 2.43. The zero-order valence-corrected chi connectivity index (χ0v) is 9.94. The molecule has 0 aliphatic heterocycles. The maximum atomic E-state index is 5.92. The second kappa shape index (κ2) is 6.33. The summed E-state index contributed by atoms with van der Waals surface area (Å²) in [7, 11) is 0. The van der Waals surface area contributed by atoms with E-state index < -0.39 is 0 Å². The molecule has 1 rings (SSSR count). The smallest absolute Gasteiger partial charge is 0.0417 e. The Morgan fingerprint density at radius 1 is 1.50 bits per heavy atom. The van der Waals surface area contributed by atoms with Crippen molar-refractivity contribution in [3.8, 4) is 0 Å². The standard InChI is InChI=1S/C11H16ClNS/c1-2-4-10(13)8-14-11-6-3-5-9(12)7-11/h3,5-7,10H,2,4,8,13H2,1H3. The maximum Gasteiger partial charge on any atom is 0.0417 e. The van der Waals surface area contributed by atoms with Crippen molar-refractivity contribution in [2.24, 2.45) is 5.73 Å². The van der Waals surface area contributed by atoms with E-state index in [4.69, 9.17) is 17.3 Å². The van der Waals surface area contributed by atoms with Gasteiger partial charge in [-0.15, -0.1) is 11.8 Å². The largest absolute Gasteiger partial charge is 0.327 e. The minimum absolute atomic E-state index is 0.295. The summed E-state index contributed by atoms with van der Waals surface area (Å²) >= 11 is 7.65. The molecule has 0 amide bonds. The number of nitrogens with two attached hydrogens (primary N) is 1. The molecular weight excluding hydrogens is 214 g/mol. The zero-order chi connectivity index (χ0) is 10.4. The zero-order valence-electron chi connectivity index (χ0n) is 8.37. The van der Waals surface area contributed by atoms with Gasteiger partial charge in [-0.3, -0.25) is 0 Å². The van der Waals surface area contributed by atoms with E-state index in [9.17, 15) is 0 Å². The summed E-state index contributed by atoms with van der Waals surface area (Å²) in [6, 6.07) is 8.19. The molecule has 0 saturated carbocycles. The lowest BCUT2D eigenvalue weighted by Crippen LogP contribution is -2.22. The number of hydrogen-bond donors (Lipinski definition) is 1. The molecule has 0 fully saturated rings. The van der Waals surface area contributed by atoms with Gasteiger partial charge in [0.05, 0.1) is 0 Å². The first-order chi connectivity index (χ1) is 6.72. The Morgan fingerprint density at radius 2 is 2.29 bits per heavy atom. The van der Waals surface area contributed by atoms with Crippen molar-refractivity contribution in [3.63, 3.8) is 0 Å². The Hall–Kier alpha value is -0.180. The van der Waals surface area contributed by atoms with E-state index in [0.29, 0.717) is 6.04 Å². The highest BCUT2D eigenvalue weighted by Gasteiger charge is 2.02. The third-order valence-electron chi connectivity index (χ3n) is 1.92. The highest BCUT2D eigenvalue weighted by atomic mass is 35.5. The van der Waals surface area contributed by atoms with Crippen LogP contribution >= 0.6 is 23.4 Å². The number of hydrogen-bond acceptors (Lipinski definition) is 2. The van der Waals surface area contributed by atoms with Gasteiger partial charge in [0, 0.05) is 21.7 Å². The molecule has 78 valence electrons. The molecule has 3 heteroatoms. The van der Waals surface area contributed by atoms with Crippen molar-refractivity contribution >= 4 is 23.4 Å². The van der Waals surface area contributed by atoms with Crippen LogP contribution in [0.4, 0.5) is 0 Å². The Balaban J connectivity index is 2.37. The van der Waals surface area contributed by atoms with Gasteiger partial charge in [0.25, 0.3) is 0 Å². The minimum atomic E-state index is 0.295. The predicted octanol–water partition coefficient (Wildman–Crippen LogP) is 3.56. The first-order valence-corrected chi connectivity index (χ1v) is 6.22. The average Bonchev–Trinajstić information content (AvgIpc) is 2.15. The van der Waals surface area contributed by atoms with Gasteiger partial charge in [0.15, 0.2) is 0 Å². The van der Waals surface area contributed by atoms with E-state index in [-0.39, 0.29) is 0 Å². The van der Waals surface area contributed by atoms with Crippen LogP contribution in [-0.4, -0.2) is 11.8 Å². The van der Waals surface area contributed by atoms with Crippen molar-refractivity contribution in [2.75, 3.05) is 5.75 Å². The lowest BCUT2D eigenvalue weighted by atomic mass is 10.2. The third kappa shape index (κ3) is 4.36. The lowest BCUT2D eigenvalue weighted by Gasteiger charge is -2.09. The molecule has 1 aromatic rings. The molecule has 0 bridgehead atoms. The summed E-state index contributed by atoms with van der Waals surface area (Å²) in [4.78, 5) is 1.20. The Morgan fingerprint density at radius 3 is 2.93 bits per heavy atom. The van der Waals surface area contributed by atoms with Crippen LogP contribution in [0.2, 0.25) is 5.02 Å². The van der Waals surface area contributed by atoms with Crippen LogP contribution in [0.25, 0.3) is 0 Å². The van der Waals surface area contributed by atoms with Gasteiger partial charge in [0.2, 0.25) is 0 Å². The van der Waals surface area contributed by atoms with Gasteiger partial charge in [-0.2, -0.15) is 0 Å². The summed E-state index contributed by atoms with van der Waals surface area (Å²) in [5, 5.41) is 0.791. The summed E-state index contributed by atoms with van der Waals surface area (Å²) in [5.41, 5.74) is 5.92. The van der Waals surface area contributed by atoms with E-state index >= 15 is 0 Å². The fourth-order valence-electron chi connectivity index (χ4n) is 1.21. The molecule has 1 unspecified atom stereocenters. The number of halogens is 1. The quantitative estimate of drug-likeness (QED) is 0.782. The number of benzene rings is 1. The second-order valence-corrected chi connectivity index (χ2v) is 4.85. The van der Waals surface area contributed by atoms with Gasteiger partial charge in [-0.25, -0.2) is 0 Å². The molecule has 2 N–H and O–H groups in total. The summed E-state index contributed by atoms with van der Waals surface area (Å²) in [5.74, 6) is 0.966. The van der Waals surface area contributed by atoms with Crippen LogP contribution in [0.3, 0.4) is 0 Å². The van der Waals surface area contributed by atoms with E-state index in [1.807, 2.05) is 18.2 Å². The summed E-state index contributed by atoms with van der Waals surface area (Å²) in [6.45, 7) is 2.16. The molecule has 0 aliphatic rings. The SMILES string of the molecule is CCCC(N)CSc1cccc(Cl)c1. The van der Waals surface area contributed by atoms with E-state index in [1.54, 1.807) is 11.8 Å². The maximum absolute atomic E-state index is 5.92. The first kappa shape index (κ1) is 11.9. The van der Waals surface area contributed by atoms with E-state index in [2.05, 4.69) is 13.0 Å². The van der Waals surface area contributed by atoms with E-state index in [0.717, 1.165) is 23.6 Å². The van der Waals surface area contributed by atoms with Crippen molar-refractivity contribution < 1.29 is 0 Å². The van der Waals surface area contributed by atoms with Gasteiger partial charge < -0.3 is 5.73 Å². The second-order valence-electron chi connectivity index (χ2n) is 3.32. The number of thioether (sulfide) groups is 1. The molecule has 0 saturated heterocycles. The van der Waals surface area contributed by atoms with Crippen molar-refractivity contribution in [2.45, 2.75) is 30.7 Å². The summed E-state index contributed by atoms with van der Waals surface area (Å²) in [6.07, 6.45) is 2.24. The Labute approximate surface area is 95.0 Å². The van der Waals surface area contributed by atoms with E-state index in [1.165, 1.54) is 4.90 Å². The molecule has 14 heavy (non-hydrogen) atoms. The fraction of sp³-hybridized carbons (Fsp3) is 0.455. The van der Waals surface area contributed by atoms with Crippen LogP contribution < -0.4 is 5.73 Å². The topological polar surface area (TPSA) is 26.0 Å². The van der Waals surface area contributed by atoms with Crippen molar-refractivity contribution in [1.29, 1.82) is 0 Å². The molecule has 0 aromatic heterocycles. The minimum Gasteiger partial charge on any atom is -0.327 e. The molecule has 0 spiro atoms. The van der Waals surface area contributed by atoms with Gasteiger partial charge in [-0.1, -0.05) is 31.0 Å². The van der Waals surface area contributed by atoms with Crippen molar-refractivity contribution in [1.82, 2.24) is 0 Å². The van der Waals surface area contributed by atoms with Gasteiger partial charge in [0.1, 0.15) is 0 Å². The lowest BCUT2D eigenvalue weighted by molar-refractivity contribution is 0.661. The van der Waals surface area contributed by atoms with Crippen LogP contribution in [0.15, 0.2) is 29.2 Å². The van der Waals surface area contributed by atoms with Crippen LogP contribution in [0, 0.1) is 0 Å². The van der Waals surface area contributed by atoms with Crippen LogP contribution in [0.1, 0.15) is 19.8 Å². The first-order valence-electron chi connectivity index (χ1n) is 4.86. The van der Waals surface area contributed by atoms with Crippen LogP contribution in [-0.2, 0) is 0 Å². The Kier molecular flexibility index (Phi) is 5.38. The predicted molar refractivity (Wildman–Crippen MR) is 65.1 cm³/mol. The van der Waals surface area contributed by atoms with Gasteiger partial charge >= 0.3 is 0 Å². The third-order valence-corrected chi connectivity index (χ3v) is 3.34. The normalized spacial score (nSPS) is 12.8. The molecule has 0 heterocycles. The molecule has 1 atom stereocenters. The van der Waals surface area contributed by atoms with Crippen LogP contribution in [0.5, 0.6) is 0 Å². The molecule has 1 aromatic carbocycles. The molecule has 0 radical (unpaired) electrons. The van der Waals surface area contributed by atoms with Gasteiger partial charge in [-0.05, 0) is 24.6 Å². The highest BCUT2D eigenvalue weighted by molar-refractivity contribution is 7.99.